The summed E-state index contributed by atoms with van der Waals surface area (Å²) in [6.07, 6.45) is 9.12. The van der Waals surface area contributed by atoms with Crippen LogP contribution in [0.15, 0.2) is 36.5 Å². The Kier molecular flexibility index (Phi) is 5.12. The van der Waals surface area contributed by atoms with Gasteiger partial charge >= 0.3 is 5.97 Å². The molecule has 0 amide bonds. The van der Waals surface area contributed by atoms with Crippen LogP contribution in [0.3, 0.4) is 0 Å². The minimum atomic E-state index is -0.596. The van der Waals surface area contributed by atoms with Crippen molar-refractivity contribution in [1.29, 1.82) is 0 Å². The second-order valence-corrected chi connectivity index (χ2v) is 3.93. The molecule has 1 heterocycles. The highest BCUT2D eigenvalue weighted by Gasteiger charge is 2.45. The summed E-state index contributed by atoms with van der Waals surface area (Å²) < 4.78 is 9.80. The van der Waals surface area contributed by atoms with Gasteiger partial charge in [-0.15, -0.1) is 0 Å². The second-order valence-electron chi connectivity index (χ2n) is 3.93. The third-order valence-electron chi connectivity index (χ3n) is 2.37. The van der Waals surface area contributed by atoms with E-state index in [1.807, 2.05) is 6.92 Å². The molecule has 0 aliphatic carbocycles. The standard InChI is InChI=1S/C13H18O4/c1-3-16-12(15)9-7-5-4-6-8-11(14)13(2)10-17-13/h4-9,11,14H,3,10H2,1-2H3/b5-4-,8-6+,9-7+/t11-,13+/m1/s1. The van der Waals surface area contributed by atoms with Crippen LogP contribution in [0.2, 0.25) is 0 Å². The molecule has 94 valence electrons. The van der Waals surface area contributed by atoms with Crippen molar-refractivity contribution >= 4 is 5.97 Å². The Bertz CT molecular complexity index is 337. The van der Waals surface area contributed by atoms with Gasteiger partial charge in [-0.25, -0.2) is 4.79 Å². The Balaban J connectivity index is 2.25. The van der Waals surface area contributed by atoms with Gasteiger partial charge in [0, 0.05) is 6.08 Å². The topological polar surface area (TPSA) is 59.1 Å². The molecule has 1 aliphatic rings. The normalized spacial score (nSPS) is 25.8. The highest BCUT2D eigenvalue weighted by molar-refractivity contribution is 5.82. The molecular formula is C13H18O4. The number of esters is 1. The Morgan fingerprint density at radius 1 is 1.47 bits per heavy atom. The molecule has 0 aromatic heterocycles. The van der Waals surface area contributed by atoms with Gasteiger partial charge in [-0.2, -0.15) is 0 Å². The number of carbonyl (C=O) groups excluding carboxylic acids is 1. The van der Waals surface area contributed by atoms with Crippen molar-refractivity contribution in [2.45, 2.75) is 25.6 Å². The summed E-state index contributed by atoms with van der Waals surface area (Å²) in [5, 5.41) is 9.63. The molecule has 1 rings (SSSR count). The number of epoxide rings is 1. The first-order valence-electron chi connectivity index (χ1n) is 5.59. The van der Waals surface area contributed by atoms with E-state index >= 15 is 0 Å². The molecule has 4 nitrogen and oxygen atoms in total. The van der Waals surface area contributed by atoms with E-state index in [9.17, 15) is 9.90 Å². The molecule has 0 saturated carbocycles. The lowest BCUT2D eigenvalue weighted by molar-refractivity contribution is -0.137. The fourth-order valence-electron chi connectivity index (χ4n) is 1.11. The third-order valence-corrected chi connectivity index (χ3v) is 2.37. The predicted molar refractivity (Wildman–Crippen MR) is 64.4 cm³/mol. The average molecular weight is 238 g/mol. The van der Waals surface area contributed by atoms with Crippen LogP contribution >= 0.6 is 0 Å². The number of aliphatic hydroxyl groups is 1. The smallest absolute Gasteiger partial charge is 0.330 e. The average Bonchev–Trinajstić information content (AvgIpc) is 3.03. The molecule has 0 aromatic carbocycles. The van der Waals surface area contributed by atoms with Crippen molar-refractivity contribution in [3.05, 3.63) is 36.5 Å². The first-order valence-corrected chi connectivity index (χ1v) is 5.59. The molecule has 1 N–H and O–H groups in total. The molecule has 4 heteroatoms. The largest absolute Gasteiger partial charge is 0.463 e. The summed E-state index contributed by atoms with van der Waals surface area (Å²) in [7, 11) is 0. The monoisotopic (exact) mass is 238 g/mol. The van der Waals surface area contributed by atoms with Gasteiger partial charge in [0.25, 0.3) is 0 Å². The van der Waals surface area contributed by atoms with Crippen LogP contribution in [0.5, 0.6) is 0 Å². The number of allylic oxidation sites excluding steroid dienone is 4. The van der Waals surface area contributed by atoms with Crippen LogP contribution in [0, 0.1) is 0 Å². The summed E-state index contributed by atoms with van der Waals surface area (Å²) in [6.45, 7) is 4.57. The second kappa shape index (κ2) is 6.37. The number of hydrogen-bond acceptors (Lipinski definition) is 4. The fraction of sp³-hybridized carbons (Fsp3) is 0.462. The van der Waals surface area contributed by atoms with Gasteiger partial charge in [-0.3, -0.25) is 0 Å². The Morgan fingerprint density at radius 3 is 2.71 bits per heavy atom. The van der Waals surface area contributed by atoms with Crippen molar-refractivity contribution in [2.24, 2.45) is 0 Å². The maximum Gasteiger partial charge on any atom is 0.330 e. The van der Waals surface area contributed by atoms with Crippen LogP contribution in [0.25, 0.3) is 0 Å². The Labute approximate surface area is 101 Å². The predicted octanol–water partition coefficient (Wildman–Crippen LogP) is 1.37. The van der Waals surface area contributed by atoms with Crippen molar-refractivity contribution in [2.75, 3.05) is 13.2 Å². The minimum Gasteiger partial charge on any atom is -0.463 e. The van der Waals surface area contributed by atoms with Crippen LogP contribution in [-0.4, -0.2) is 36.0 Å². The Morgan fingerprint density at radius 2 is 2.12 bits per heavy atom. The molecule has 1 aliphatic heterocycles. The summed E-state index contributed by atoms with van der Waals surface area (Å²) in [5.74, 6) is -0.361. The highest BCUT2D eigenvalue weighted by atomic mass is 16.6. The van der Waals surface area contributed by atoms with Gasteiger partial charge in [-0.05, 0) is 13.8 Å². The molecule has 0 aromatic rings. The van der Waals surface area contributed by atoms with E-state index in [1.165, 1.54) is 6.08 Å². The van der Waals surface area contributed by atoms with Crippen molar-refractivity contribution in [3.63, 3.8) is 0 Å². The maximum atomic E-state index is 10.9. The van der Waals surface area contributed by atoms with Gasteiger partial charge < -0.3 is 14.6 Å². The summed E-state index contributed by atoms with van der Waals surface area (Å²) in [6, 6.07) is 0. The lowest BCUT2D eigenvalue weighted by Gasteiger charge is -2.08. The molecule has 0 spiro atoms. The van der Waals surface area contributed by atoms with Gasteiger partial charge in [0.05, 0.1) is 13.2 Å². The summed E-state index contributed by atoms with van der Waals surface area (Å²) in [4.78, 5) is 10.9. The van der Waals surface area contributed by atoms with Gasteiger partial charge in [0.2, 0.25) is 0 Å². The third kappa shape index (κ3) is 4.97. The van der Waals surface area contributed by atoms with Gasteiger partial charge in [0.15, 0.2) is 0 Å². The van der Waals surface area contributed by atoms with Crippen molar-refractivity contribution in [3.8, 4) is 0 Å². The first kappa shape index (κ1) is 13.7. The zero-order chi connectivity index (χ0) is 12.7. The lowest BCUT2D eigenvalue weighted by atomic mass is 10.1. The van der Waals surface area contributed by atoms with Crippen LogP contribution < -0.4 is 0 Å². The zero-order valence-electron chi connectivity index (χ0n) is 10.1. The molecule has 1 saturated heterocycles. The molecule has 0 radical (unpaired) electrons. The number of ether oxygens (including phenoxy) is 2. The highest BCUT2D eigenvalue weighted by Crippen LogP contribution is 2.30. The lowest BCUT2D eigenvalue weighted by Crippen LogP contribution is -2.23. The number of aliphatic hydroxyl groups excluding tert-OH is 1. The van der Waals surface area contributed by atoms with E-state index in [0.717, 1.165) is 0 Å². The van der Waals surface area contributed by atoms with E-state index in [2.05, 4.69) is 0 Å². The SMILES string of the molecule is CCOC(=O)/C=C/C=C\C=C\[C@@H](O)[C@]1(C)CO1. The van der Waals surface area contributed by atoms with E-state index < -0.39 is 11.7 Å². The van der Waals surface area contributed by atoms with E-state index in [-0.39, 0.29) is 5.97 Å². The quantitative estimate of drug-likeness (QED) is 0.328. The minimum absolute atomic E-state index is 0.361. The Hall–Kier alpha value is -1.39. The van der Waals surface area contributed by atoms with Crippen molar-refractivity contribution in [1.82, 2.24) is 0 Å². The molecule has 0 unspecified atom stereocenters. The van der Waals surface area contributed by atoms with Crippen LogP contribution in [0.4, 0.5) is 0 Å². The zero-order valence-corrected chi connectivity index (χ0v) is 10.1. The molecule has 2 atom stereocenters. The molecule has 0 bridgehead atoms. The summed E-state index contributed by atoms with van der Waals surface area (Å²) >= 11 is 0. The van der Waals surface area contributed by atoms with Crippen molar-refractivity contribution < 1.29 is 19.4 Å². The fourth-order valence-corrected chi connectivity index (χ4v) is 1.11. The van der Waals surface area contributed by atoms with E-state index in [1.54, 1.807) is 37.3 Å². The summed E-state index contributed by atoms with van der Waals surface area (Å²) in [5.41, 5.74) is -0.412. The van der Waals surface area contributed by atoms with Gasteiger partial charge in [-0.1, -0.05) is 30.4 Å². The van der Waals surface area contributed by atoms with E-state index in [4.69, 9.17) is 9.47 Å². The molecule has 1 fully saturated rings. The molecular weight excluding hydrogens is 220 g/mol. The number of hydrogen-bond donors (Lipinski definition) is 1. The maximum absolute atomic E-state index is 10.9. The number of rotatable bonds is 6. The number of carbonyl (C=O) groups is 1. The van der Waals surface area contributed by atoms with Crippen LogP contribution in [0.1, 0.15) is 13.8 Å². The molecule has 17 heavy (non-hydrogen) atoms. The van der Waals surface area contributed by atoms with Crippen LogP contribution in [-0.2, 0) is 14.3 Å². The van der Waals surface area contributed by atoms with E-state index in [0.29, 0.717) is 13.2 Å². The first-order chi connectivity index (χ1) is 8.08. The van der Waals surface area contributed by atoms with Gasteiger partial charge in [0.1, 0.15) is 11.7 Å².